The molecule has 0 aliphatic carbocycles. The van der Waals surface area contributed by atoms with Crippen molar-refractivity contribution in [2.24, 2.45) is 0 Å². The van der Waals surface area contributed by atoms with Crippen LogP contribution in [0.1, 0.15) is 28.9 Å². The topological polar surface area (TPSA) is 29.0 Å². The molecule has 8 heteroatoms. The van der Waals surface area contributed by atoms with E-state index in [1.807, 2.05) is 12.4 Å². The molecule has 0 aliphatic rings. The average molecular weight is 397 g/mol. The lowest BCUT2D eigenvalue weighted by Crippen LogP contribution is -2.17. The summed E-state index contributed by atoms with van der Waals surface area (Å²) in [4.78, 5) is 11.2. The van der Waals surface area contributed by atoms with Gasteiger partial charge in [0.05, 0.1) is 22.0 Å². The molecular weight excluding hydrogens is 379 g/mol. The monoisotopic (exact) mass is 397 g/mol. The third-order valence-corrected chi connectivity index (χ3v) is 5.76. The fourth-order valence-corrected chi connectivity index (χ4v) is 4.06. The van der Waals surface area contributed by atoms with Crippen molar-refractivity contribution in [2.75, 3.05) is 7.05 Å². The molecule has 0 unspecified atom stereocenters. The van der Waals surface area contributed by atoms with E-state index in [1.165, 1.54) is 23.5 Å². The van der Waals surface area contributed by atoms with Crippen LogP contribution in [0.5, 0.6) is 0 Å². The maximum atomic E-state index is 12.6. The summed E-state index contributed by atoms with van der Waals surface area (Å²) in [6.45, 7) is 3.49. The fraction of sp³-hybridized carbons (Fsp3) is 0.333. The molecular formula is C18H18F3N3S2. The smallest absolute Gasteiger partial charge is 0.295 e. The molecule has 138 valence electrons. The van der Waals surface area contributed by atoms with Crippen LogP contribution in [0.25, 0.3) is 10.6 Å². The minimum Gasteiger partial charge on any atom is -0.295 e. The van der Waals surface area contributed by atoms with Gasteiger partial charge >= 0.3 is 6.18 Å². The van der Waals surface area contributed by atoms with Gasteiger partial charge in [0.15, 0.2) is 0 Å². The standard InChI is InChI=1S/C18H18F3N3S2/c1-3-16-22-14(10-25-16)8-24(2)9-15-11-26-17(23-15)12-4-6-13(7-5-12)18(19,20)21/h4-7,10-11H,3,8-9H2,1-2H3. The van der Waals surface area contributed by atoms with Gasteiger partial charge in [-0.1, -0.05) is 19.1 Å². The second-order valence-corrected chi connectivity index (χ2v) is 7.78. The van der Waals surface area contributed by atoms with Crippen LogP contribution in [0.4, 0.5) is 13.2 Å². The van der Waals surface area contributed by atoms with E-state index in [0.29, 0.717) is 12.1 Å². The van der Waals surface area contributed by atoms with Gasteiger partial charge < -0.3 is 0 Å². The second-order valence-electron chi connectivity index (χ2n) is 5.98. The Balaban J connectivity index is 1.63. The van der Waals surface area contributed by atoms with E-state index in [-0.39, 0.29) is 0 Å². The number of aromatic nitrogens is 2. The highest BCUT2D eigenvalue weighted by molar-refractivity contribution is 7.13. The number of nitrogens with zero attached hydrogens (tertiary/aromatic N) is 3. The van der Waals surface area contributed by atoms with Crippen LogP contribution in [-0.4, -0.2) is 21.9 Å². The van der Waals surface area contributed by atoms with Crippen LogP contribution < -0.4 is 0 Å². The summed E-state index contributed by atoms with van der Waals surface area (Å²) in [7, 11) is 2.00. The van der Waals surface area contributed by atoms with Crippen LogP contribution in [-0.2, 0) is 25.7 Å². The van der Waals surface area contributed by atoms with Gasteiger partial charge in [-0.3, -0.25) is 4.90 Å². The zero-order valence-corrected chi connectivity index (χ0v) is 16.0. The molecule has 0 N–H and O–H groups in total. The van der Waals surface area contributed by atoms with Crippen molar-refractivity contribution in [1.29, 1.82) is 0 Å². The van der Waals surface area contributed by atoms with Crippen molar-refractivity contribution in [3.8, 4) is 10.6 Å². The van der Waals surface area contributed by atoms with Crippen molar-refractivity contribution in [3.63, 3.8) is 0 Å². The summed E-state index contributed by atoms with van der Waals surface area (Å²) in [5, 5.41) is 5.88. The number of aryl methyl sites for hydroxylation is 1. The lowest BCUT2D eigenvalue weighted by molar-refractivity contribution is -0.137. The Morgan fingerprint density at radius 2 is 1.58 bits per heavy atom. The lowest BCUT2D eigenvalue weighted by Gasteiger charge is -2.13. The summed E-state index contributed by atoms with van der Waals surface area (Å²) >= 11 is 3.11. The van der Waals surface area contributed by atoms with Gasteiger partial charge in [0.25, 0.3) is 0 Å². The Bertz CT molecular complexity index is 853. The molecule has 2 heterocycles. The summed E-state index contributed by atoms with van der Waals surface area (Å²) in [6.07, 6.45) is -3.38. The Kier molecular flexibility index (Phi) is 5.74. The summed E-state index contributed by atoms with van der Waals surface area (Å²) < 4.78 is 37.9. The number of benzene rings is 1. The van der Waals surface area contributed by atoms with Crippen molar-refractivity contribution >= 4 is 22.7 Å². The van der Waals surface area contributed by atoms with Gasteiger partial charge in [0.1, 0.15) is 5.01 Å². The third kappa shape index (κ3) is 4.69. The molecule has 1 aromatic carbocycles. The SMILES string of the molecule is CCc1nc(CN(C)Cc2csc(-c3ccc(C(F)(F)F)cc3)n2)cs1. The highest BCUT2D eigenvalue weighted by Crippen LogP contribution is 2.31. The van der Waals surface area contributed by atoms with Gasteiger partial charge in [-0.2, -0.15) is 13.2 Å². The molecule has 0 amide bonds. The van der Waals surface area contributed by atoms with E-state index in [2.05, 4.69) is 27.2 Å². The normalized spacial score (nSPS) is 12.1. The van der Waals surface area contributed by atoms with Crippen LogP contribution in [0.2, 0.25) is 0 Å². The number of rotatable bonds is 6. The Hall–Kier alpha value is -1.77. The van der Waals surface area contributed by atoms with Gasteiger partial charge in [0, 0.05) is 29.4 Å². The van der Waals surface area contributed by atoms with Gasteiger partial charge in [-0.25, -0.2) is 9.97 Å². The lowest BCUT2D eigenvalue weighted by atomic mass is 10.1. The van der Waals surface area contributed by atoms with E-state index in [0.717, 1.165) is 46.5 Å². The third-order valence-electron chi connectivity index (χ3n) is 3.78. The molecule has 26 heavy (non-hydrogen) atoms. The van der Waals surface area contributed by atoms with Crippen LogP contribution >= 0.6 is 22.7 Å². The number of halogens is 3. The number of hydrogen-bond donors (Lipinski definition) is 0. The first kappa shape index (κ1) is 19.0. The largest absolute Gasteiger partial charge is 0.416 e. The maximum absolute atomic E-state index is 12.6. The van der Waals surface area contributed by atoms with Crippen molar-refractivity contribution in [1.82, 2.24) is 14.9 Å². The quantitative estimate of drug-likeness (QED) is 0.551. The summed E-state index contributed by atoms with van der Waals surface area (Å²) in [5.41, 5.74) is 2.00. The molecule has 0 saturated heterocycles. The van der Waals surface area contributed by atoms with Crippen LogP contribution in [0.3, 0.4) is 0 Å². The first-order chi connectivity index (χ1) is 12.3. The number of thiazole rings is 2. The fourth-order valence-electron chi connectivity index (χ4n) is 2.51. The predicted molar refractivity (Wildman–Crippen MR) is 99.2 cm³/mol. The number of hydrogen-bond acceptors (Lipinski definition) is 5. The summed E-state index contributed by atoms with van der Waals surface area (Å²) in [6, 6.07) is 5.12. The van der Waals surface area contributed by atoms with Crippen molar-refractivity contribution in [2.45, 2.75) is 32.6 Å². The molecule has 0 atom stereocenters. The van der Waals surface area contributed by atoms with E-state index >= 15 is 0 Å². The number of alkyl halides is 3. The van der Waals surface area contributed by atoms with E-state index in [1.54, 1.807) is 11.3 Å². The molecule has 0 bridgehead atoms. The Morgan fingerprint density at radius 3 is 2.15 bits per heavy atom. The van der Waals surface area contributed by atoms with E-state index in [4.69, 9.17) is 0 Å². The molecule has 3 aromatic rings. The highest BCUT2D eigenvalue weighted by atomic mass is 32.1. The zero-order chi connectivity index (χ0) is 18.7. The molecule has 3 rings (SSSR count). The summed E-state index contributed by atoms with van der Waals surface area (Å²) in [5.74, 6) is 0. The van der Waals surface area contributed by atoms with E-state index < -0.39 is 11.7 Å². The minimum atomic E-state index is -4.32. The van der Waals surface area contributed by atoms with E-state index in [9.17, 15) is 13.2 Å². The maximum Gasteiger partial charge on any atom is 0.416 e. The first-order valence-electron chi connectivity index (χ1n) is 8.09. The van der Waals surface area contributed by atoms with Gasteiger partial charge in [-0.05, 0) is 25.6 Å². The highest BCUT2D eigenvalue weighted by Gasteiger charge is 2.30. The van der Waals surface area contributed by atoms with Crippen molar-refractivity contribution < 1.29 is 13.2 Å². The molecule has 0 saturated carbocycles. The van der Waals surface area contributed by atoms with Crippen LogP contribution in [0, 0.1) is 0 Å². The average Bonchev–Trinajstić information content (AvgIpc) is 3.23. The second kappa shape index (κ2) is 7.85. The molecule has 3 nitrogen and oxygen atoms in total. The molecule has 0 radical (unpaired) electrons. The molecule has 2 aromatic heterocycles. The Labute approximate surface area is 158 Å². The zero-order valence-electron chi connectivity index (χ0n) is 14.4. The molecule has 0 spiro atoms. The molecule has 0 aliphatic heterocycles. The van der Waals surface area contributed by atoms with Gasteiger partial charge in [0.2, 0.25) is 0 Å². The Morgan fingerprint density at radius 1 is 0.962 bits per heavy atom. The predicted octanol–water partition coefficient (Wildman–Crippen LogP) is 5.48. The van der Waals surface area contributed by atoms with Crippen molar-refractivity contribution in [3.05, 3.63) is 57.0 Å². The molecule has 0 fully saturated rings. The minimum absolute atomic E-state index is 0.646. The van der Waals surface area contributed by atoms with Gasteiger partial charge in [-0.15, -0.1) is 22.7 Å². The first-order valence-corrected chi connectivity index (χ1v) is 9.85. The van der Waals surface area contributed by atoms with Crippen LogP contribution in [0.15, 0.2) is 35.0 Å².